The Labute approximate surface area is 120 Å². The third-order valence-corrected chi connectivity index (χ3v) is 2.54. The average Bonchev–Trinajstić information content (AvgIpc) is 2.43. The number of aliphatic carboxylic acids is 1. The molecule has 1 aromatic carbocycles. The maximum atomic E-state index is 10.2. The van der Waals surface area contributed by atoms with Crippen molar-refractivity contribution in [3.8, 4) is 0 Å². The van der Waals surface area contributed by atoms with E-state index >= 15 is 0 Å². The molecule has 3 N–H and O–H groups in total. The van der Waals surface area contributed by atoms with Crippen LogP contribution in [0.15, 0.2) is 43.0 Å². The Hall–Kier alpha value is -2.10. The number of hydrogen-bond acceptors (Lipinski definition) is 2. The average molecular weight is 277 g/mol. The number of rotatable bonds is 8. The quantitative estimate of drug-likeness (QED) is 0.566. The van der Waals surface area contributed by atoms with E-state index in [2.05, 4.69) is 18.7 Å². The molecule has 0 spiro atoms. The fourth-order valence-electron chi connectivity index (χ4n) is 1.49. The molecule has 0 aliphatic rings. The highest BCUT2D eigenvalue weighted by Gasteiger charge is 1.96. The van der Waals surface area contributed by atoms with Crippen molar-refractivity contribution >= 4 is 11.9 Å². The van der Waals surface area contributed by atoms with E-state index < -0.39 is 5.97 Å². The summed E-state index contributed by atoms with van der Waals surface area (Å²) >= 11 is 0. The fourth-order valence-corrected chi connectivity index (χ4v) is 1.49. The number of carbonyl (C=O) groups is 2. The zero-order chi connectivity index (χ0) is 15.2. The molecule has 20 heavy (non-hydrogen) atoms. The highest BCUT2D eigenvalue weighted by atomic mass is 16.4. The van der Waals surface area contributed by atoms with E-state index in [0.29, 0.717) is 12.8 Å². The number of amides is 1. The Morgan fingerprint density at radius 2 is 1.80 bits per heavy atom. The summed E-state index contributed by atoms with van der Waals surface area (Å²) in [6, 6.07) is 10.1. The van der Waals surface area contributed by atoms with Gasteiger partial charge in [-0.3, -0.25) is 9.59 Å². The predicted octanol–water partition coefficient (Wildman–Crippen LogP) is 2.92. The number of hydrogen-bond donors (Lipinski definition) is 2. The molecule has 0 radical (unpaired) electrons. The van der Waals surface area contributed by atoms with Gasteiger partial charge >= 0.3 is 5.97 Å². The van der Waals surface area contributed by atoms with Crippen LogP contribution in [0.5, 0.6) is 0 Å². The lowest BCUT2D eigenvalue weighted by atomic mass is 10.1. The van der Waals surface area contributed by atoms with Crippen molar-refractivity contribution in [3.05, 3.63) is 48.6 Å². The van der Waals surface area contributed by atoms with Gasteiger partial charge in [0.15, 0.2) is 0 Å². The Morgan fingerprint density at radius 1 is 1.15 bits per heavy atom. The maximum Gasteiger partial charge on any atom is 0.303 e. The van der Waals surface area contributed by atoms with Gasteiger partial charge in [0.05, 0.1) is 0 Å². The number of nitrogens with two attached hydrogens (primary N) is 1. The molecule has 4 heteroatoms. The molecule has 0 heterocycles. The first-order chi connectivity index (χ1) is 9.56. The first-order valence-electron chi connectivity index (χ1n) is 6.71. The Kier molecular flexibility index (Phi) is 10.7. The molecule has 0 aliphatic carbocycles. The van der Waals surface area contributed by atoms with Gasteiger partial charge in [0, 0.05) is 12.8 Å². The summed E-state index contributed by atoms with van der Waals surface area (Å²) in [6.45, 7) is 3.42. The minimum absolute atomic E-state index is 0.264. The number of primary amides is 1. The number of benzene rings is 1. The molecular weight excluding hydrogens is 254 g/mol. The highest BCUT2D eigenvalue weighted by molar-refractivity contribution is 5.73. The number of aryl methyl sites for hydroxylation is 1. The van der Waals surface area contributed by atoms with Gasteiger partial charge in [-0.2, -0.15) is 0 Å². The lowest BCUT2D eigenvalue weighted by Crippen LogP contribution is -2.08. The summed E-state index contributed by atoms with van der Waals surface area (Å²) in [5.74, 6) is -0.965. The van der Waals surface area contributed by atoms with Crippen molar-refractivity contribution in [2.24, 2.45) is 5.73 Å². The van der Waals surface area contributed by atoms with Crippen molar-refractivity contribution in [1.82, 2.24) is 0 Å². The van der Waals surface area contributed by atoms with Crippen molar-refractivity contribution in [3.63, 3.8) is 0 Å². The molecule has 0 fully saturated rings. The second-order valence-electron chi connectivity index (χ2n) is 4.38. The van der Waals surface area contributed by atoms with Crippen LogP contribution < -0.4 is 5.73 Å². The van der Waals surface area contributed by atoms with Crippen molar-refractivity contribution in [1.29, 1.82) is 0 Å². The molecule has 4 nitrogen and oxygen atoms in total. The van der Waals surface area contributed by atoms with Crippen molar-refractivity contribution < 1.29 is 14.7 Å². The summed E-state index contributed by atoms with van der Waals surface area (Å²) in [4.78, 5) is 20.1. The molecule has 1 rings (SSSR count). The number of carboxylic acids is 1. The summed E-state index contributed by atoms with van der Waals surface area (Å²) in [5.41, 5.74) is 6.08. The van der Waals surface area contributed by atoms with Crippen LogP contribution >= 0.6 is 0 Å². The zero-order valence-electron chi connectivity index (χ0n) is 11.8. The van der Waals surface area contributed by atoms with Crippen molar-refractivity contribution in [2.75, 3.05) is 0 Å². The van der Waals surface area contributed by atoms with E-state index in [4.69, 9.17) is 10.8 Å². The molecule has 1 aromatic rings. The second-order valence-corrected chi connectivity index (χ2v) is 4.38. The number of allylic oxidation sites excluding steroid dienone is 1. The molecule has 0 bridgehead atoms. The van der Waals surface area contributed by atoms with Crippen LogP contribution in [0, 0.1) is 0 Å². The first-order valence-corrected chi connectivity index (χ1v) is 6.71. The van der Waals surface area contributed by atoms with Crippen LogP contribution in [0.25, 0.3) is 0 Å². The molecule has 0 unspecified atom stereocenters. The maximum absolute atomic E-state index is 10.2. The van der Waals surface area contributed by atoms with Gasteiger partial charge in [0.1, 0.15) is 0 Å². The number of carbonyl (C=O) groups excluding carboxylic acids is 1. The lowest BCUT2D eigenvalue weighted by Gasteiger charge is -1.98. The van der Waals surface area contributed by atoms with E-state index in [9.17, 15) is 9.59 Å². The van der Waals surface area contributed by atoms with Gasteiger partial charge in [-0.15, -0.1) is 6.58 Å². The third-order valence-electron chi connectivity index (χ3n) is 2.54. The molecule has 0 aromatic heterocycles. The first kappa shape index (κ1) is 17.9. The van der Waals surface area contributed by atoms with Gasteiger partial charge in [0.2, 0.25) is 5.91 Å². The largest absolute Gasteiger partial charge is 0.481 e. The molecule has 0 saturated heterocycles. The molecular formula is C16H23NO3. The standard InChI is InChI=1S/C11H14O2.C5H9NO/c12-11(13)9-5-4-8-10-6-2-1-3-7-10;1-2-3-4-5(6)7/h1-3,6-7H,4-5,8-9H2,(H,12,13);2H,1,3-4H2,(H2,6,7). The predicted molar refractivity (Wildman–Crippen MR) is 80.3 cm³/mol. The van der Waals surface area contributed by atoms with E-state index in [0.717, 1.165) is 19.3 Å². The topological polar surface area (TPSA) is 80.4 Å². The zero-order valence-corrected chi connectivity index (χ0v) is 11.8. The van der Waals surface area contributed by atoms with Crippen LogP contribution in [0.4, 0.5) is 0 Å². The van der Waals surface area contributed by atoms with Crippen molar-refractivity contribution in [2.45, 2.75) is 38.5 Å². The van der Waals surface area contributed by atoms with Gasteiger partial charge in [-0.1, -0.05) is 36.4 Å². The van der Waals surface area contributed by atoms with Gasteiger partial charge in [-0.25, -0.2) is 0 Å². The Bertz CT molecular complexity index is 401. The van der Waals surface area contributed by atoms with Crippen LogP contribution in [0.3, 0.4) is 0 Å². The van der Waals surface area contributed by atoms with E-state index in [1.807, 2.05) is 18.2 Å². The smallest absolute Gasteiger partial charge is 0.303 e. The minimum Gasteiger partial charge on any atom is -0.481 e. The SMILES string of the molecule is C=CCCC(N)=O.O=C(O)CCCCc1ccccc1. The van der Waals surface area contributed by atoms with Crippen LogP contribution in [-0.2, 0) is 16.0 Å². The highest BCUT2D eigenvalue weighted by Crippen LogP contribution is 2.05. The molecule has 0 atom stereocenters. The second kappa shape index (κ2) is 12.0. The monoisotopic (exact) mass is 277 g/mol. The van der Waals surface area contributed by atoms with E-state index in [1.165, 1.54) is 5.56 Å². The third kappa shape index (κ3) is 12.4. The van der Waals surface area contributed by atoms with E-state index in [1.54, 1.807) is 6.08 Å². The van der Waals surface area contributed by atoms with Crippen LogP contribution in [-0.4, -0.2) is 17.0 Å². The minimum atomic E-state index is -0.701. The van der Waals surface area contributed by atoms with Crippen LogP contribution in [0.1, 0.15) is 37.7 Å². The number of unbranched alkanes of at least 4 members (excludes halogenated alkanes) is 1. The number of carboxylic acid groups (broad SMARTS) is 1. The van der Waals surface area contributed by atoms with Crippen LogP contribution in [0.2, 0.25) is 0 Å². The lowest BCUT2D eigenvalue weighted by molar-refractivity contribution is -0.137. The molecule has 0 aliphatic heterocycles. The molecule has 0 saturated carbocycles. The van der Waals surface area contributed by atoms with E-state index in [-0.39, 0.29) is 12.3 Å². The van der Waals surface area contributed by atoms with Gasteiger partial charge in [-0.05, 0) is 31.2 Å². The van der Waals surface area contributed by atoms with Gasteiger partial charge in [0.25, 0.3) is 0 Å². The summed E-state index contributed by atoms with van der Waals surface area (Å²) in [7, 11) is 0. The molecule has 1 amide bonds. The van der Waals surface area contributed by atoms with Gasteiger partial charge < -0.3 is 10.8 Å². The normalized spacial score (nSPS) is 9.20. The molecule has 110 valence electrons. The fraction of sp³-hybridized carbons (Fsp3) is 0.375. The Balaban J connectivity index is 0.000000441. The Morgan fingerprint density at radius 3 is 2.25 bits per heavy atom. The summed E-state index contributed by atoms with van der Waals surface area (Å²) in [5, 5.41) is 8.41. The summed E-state index contributed by atoms with van der Waals surface area (Å²) < 4.78 is 0. The summed E-state index contributed by atoms with van der Waals surface area (Å²) in [6.07, 6.45) is 5.77.